The number of nitrogens with zero attached hydrogens (tertiary/aromatic N) is 4. The SMILES string of the molecule is CCOC(=O)c1nnn(C(C)C(=O)N2CCCC2)c1CN. The number of rotatable bonds is 5. The van der Waals surface area contributed by atoms with Gasteiger partial charge in [0.1, 0.15) is 6.04 Å². The van der Waals surface area contributed by atoms with Crippen molar-refractivity contribution >= 4 is 11.9 Å². The third kappa shape index (κ3) is 3.05. The van der Waals surface area contributed by atoms with Gasteiger partial charge in [0.2, 0.25) is 5.91 Å². The predicted octanol–water partition coefficient (Wildman–Crippen LogP) is 0.0969. The van der Waals surface area contributed by atoms with Gasteiger partial charge in [-0.05, 0) is 26.7 Å². The number of hydrogen-bond donors (Lipinski definition) is 1. The fourth-order valence-electron chi connectivity index (χ4n) is 2.48. The maximum atomic E-state index is 12.4. The van der Waals surface area contributed by atoms with Crippen LogP contribution in [0.5, 0.6) is 0 Å². The zero-order valence-electron chi connectivity index (χ0n) is 12.4. The van der Waals surface area contributed by atoms with E-state index in [2.05, 4.69) is 10.3 Å². The molecule has 116 valence electrons. The Labute approximate surface area is 123 Å². The Hall–Kier alpha value is -1.96. The van der Waals surface area contributed by atoms with E-state index in [9.17, 15) is 9.59 Å². The van der Waals surface area contributed by atoms with Crippen molar-refractivity contribution in [2.45, 2.75) is 39.3 Å². The molecule has 8 heteroatoms. The van der Waals surface area contributed by atoms with Crippen LogP contribution in [-0.4, -0.2) is 51.5 Å². The molecule has 1 aromatic heterocycles. The van der Waals surface area contributed by atoms with Crippen LogP contribution in [0.3, 0.4) is 0 Å². The number of nitrogens with two attached hydrogens (primary N) is 1. The molecule has 0 bridgehead atoms. The molecule has 1 atom stereocenters. The van der Waals surface area contributed by atoms with Gasteiger partial charge in [0.05, 0.1) is 12.3 Å². The average molecular weight is 295 g/mol. The first-order valence-electron chi connectivity index (χ1n) is 7.20. The van der Waals surface area contributed by atoms with Gasteiger partial charge in [-0.15, -0.1) is 5.10 Å². The van der Waals surface area contributed by atoms with Crippen LogP contribution in [0.2, 0.25) is 0 Å². The van der Waals surface area contributed by atoms with Gasteiger partial charge >= 0.3 is 5.97 Å². The molecule has 2 N–H and O–H groups in total. The molecule has 2 heterocycles. The maximum absolute atomic E-state index is 12.4. The van der Waals surface area contributed by atoms with Crippen molar-refractivity contribution in [2.75, 3.05) is 19.7 Å². The molecule has 21 heavy (non-hydrogen) atoms. The predicted molar refractivity (Wildman–Crippen MR) is 74.4 cm³/mol. The summed E-state index contributed by atoms with van der Waals surface area (Å²) in [7, 11) is 0. The van der Waals surface area contributed by atoms with E-state index in [1.54, 1.807) is 18.7 Å². The number of hydrogen-bond acceptors (Lipinski definition) is 6. The molecule has 1 aromatic rings. The smallest absolute Gasteiger partial charge is 0.360 e. The van der Waals surface area contributed by atoms with Crippen LogP contribution in [-0.2, 0) is 16.1 Å². The highest BCUT2D eigenvalue weighted by molar-refractivity contribution is 5.88. The van der Waals surface area contributed by atoms with Crippen molar-refractivity contribution in [2.24, 2.45) is 5.73 Å². The van der Waals surface area contributed by atoms with Crippen molar-refractivity contribution < 1.29 is 14.3 Å². The molecule has 0 spiro atoms. The van der Waals surface area contributed by atoms with Crippen molar-refractivity contribution in [3.8, 4) is 0 Å². The molecule has 1 aliphatic rings. The molecule has 0 saturated carbocycles. The lowest BCUT2D eigenvalue weighted by Gasteiger charge is -2.21. The number of likely N-dealkylation sites (tertiary alicyclic amines) is 1. The number of amides is 1. The Morgan fingerprint density at radius 3 is 2.62 bits per heavy atom. The second-order valence-electron chi connectivity index (χ2n) is 4.96. The van der Waals surface area contributed by atoms with Crippen molar-refractivity contribution in [1.82, 2.24) is 19.9 Å². The molecule has 0 aromatic carbocycles. The fourth-order valence-corrected chi connectivity index (χ4v) is 2.48. The van der Waals surface area contributed by atoms with Gasteiger partial charge in [-0.2, -0.15) is 0 Å². The summed E-state index contributed by atoms with van der Waals surface area (Å²) in [6.45, 7) is 5.30. The van der Waals surface area contributed by atoms with E-state index < -0.39 is 12.0 Å². The van der Waals surface area contributed by atoms with E-state index >= 15 is 0 Å². The van der Waals surface area contributed by atoms with Gasteiger partial charge in [-0.1, -0.05) is 5.21 Å². The largest absolute Gasteiger partial charge is 0.461 e. The van der Waals surface area contributed by atoms with E-state index in [1.165, 1.54) is 4.68 Å². The third-order valence-electron chi connectivity index (χ3n) is 3.60. The van der Waals surface area contributed by atoms with Crippen LogP contribution in [0.25, 0.3) is 0 Å². The van der Waals surface area contributed by atoms with Crippen molar-refractivity contribution in [3.05, 3.63) is 11.4 Å². The number of esters is 1. The van der Waals surface area contributed by atoms with Gasteiger partial charge in [0.15, 0.2) is 5.69 Å². The summed E-state index contributed by atoms with van der Waals surface area (Å²) in [4.78, 5) is 26.0. The number of carbonyl (C=O) groups is 2. The minimum absolute atomic E-state index is 0.0255. The van der Waals surface area contributed by atoms with Crippen LogP contribution in [0, 0.1) is 0 Å². The Balaban J connectivity index is 2.22. The summed E-state index contributed by atoms with van der Waals surface area (Å²) >= 11 is 0. The van der Waals surface area contributed by atoms with E-state index in [-0.39, 0.29) is 24.8 Å². The normalized spacial score (nSPS) is 16.0. The van der Waals surface area contributed by atoms with Gasteiger partial charge in [-0.3, -0.25) is 4.79 Å². The minimum atomic E-state index is -0.565. The van der Waals surface area contributed by atoms with E-state index in [0.29, 0.717) is 5.69 Å². The fraction of sp³-hybridized carbons (Fsp3) is 0.692. The Morgan fingerprint density at radius 1 is 1.38 bits per heavy atom. The van der Waals surface area contributed by atoms with Crippen molar-refractivity contribution in [3.63, 3.8) is 0 Å². The molecule has 1 fully saturated rings. The van der Waals surface area contributed by atoms with Crippen LogP contribution in [0.4, 0.5) is 0 Å². The highest BCUT2D eigenvalue weighted by Crippen LogP contribution is 2.18. The van der Waals surface area contributed by atoms with Crippen LogP contribution >= 0.6 is 0 Å². The van der Waals surface area contributed by atoms with Crippen molar-refractivity contribution in [1.29, 1.82) is 0 Å². The lowest BCUT2D eigenvalue weighted by atomic mass is 10.2. The Bertz CT molecular complexity index is 522. The molecular weight excluding hydrogens is 274 g/mol. The van der Waals surface area contributed by atoms with Gasteiger partial charge in [0, 0.05) is 19.6 Å². The molecule has 0 aliphatic carbocycles. The monoisotopic (exact) mass is 295 g/mol. The molecule has 1 unspecified atom stereocenters. The topological polar surface area (TPSA) is 103 Å². The third-order valence-corrected chi connectivity index (χ3v) is 3.60. The van der Waals surface area contributed by atoms with E-state index in [0.717, 1.165) is 25.9 Å². The minimum Gasteiger partial charge on any atom is -0.461 e. The molecular formula is C13H21N5O3. The Kier molecular flexibility index (Phi) is 4.89. The zero-order valence-corrected chi connectivity index (χ0v) is 12.4. The highest BCUT2D eigenvalue weighted by atomic mass is 16.5. The average Bonchev–Trinajstić information content (AvgIpc) is 3.14. The first kappa shape index (κ1) is 15.4. The summed E-state index contributed by atoms with van der Waals surface area (Å²) < 4.78 is 6.34. The summed E-state index contributed by atoms with van der Waals surface area (Å²) in [6.07, 6.45) is 2.04. The van der Waals surface area contributed by atoms with Gasteiger partial charge in [0.25, 0.3) is 0 Å². The first-order chi connectivity index (χ1) is 10.1. The molecule has 8 nitrogen and oxygen atoms in total. The van der Waals surface area contributed by atoms with E-state index in [4.69, 9.17) is 10.5 Å². The lowest BCUT2D eigenvalue weighted by Crippen LogP contribution is -2.35. The van der Waals surface area contributed by atoms with Crippen LogP contribution < -0.4 is 5.73 Å². The number of carbonyl (C=O) groups excluding carboxylic acids is 2. The number of ether oxygens (including phenoxy) is 1. The van der Waals surface area contributed by atoms with Crippen LogP contribution in [0.15, 0.2) is 0 Å². The summed E-state index contributed by atoms with van der Waals surface area (Å²) in [5.74, 6) is -0.590. The molecule has 1 saturated heterocycles. The van der Waals surface area contributed by atoms with Gasteiger partial charge < -0.3 is 15.4 Å². The number of aromatic nitrogens is 3. The standard InChI is InChI=1S/C13H21N5O3/c1-3-21-13(20)11-10(8-14)18(16-15-11)9(2)12(19)17-6-4-5-7-17/h9H,3-8,14H2,1-2H3. The van der Waals surface area contributed by atoms with Gasteiger partial charge in [-0.25, -0.2) is 9.48 Å². The molecule has 1 amide bonds. The second-order valence-corrected chi connectivity index (χ2v) is 4.96. The van der Waals surface area contributed by atoms with E-state index in [1.807, 2.05) is 0 Å². The molecule has 2 rings (SSSR count). The van der Waals surface area contributed by atoms with Crippen LogP contribution in [0.1, 0.15) is 48.9 Å². The lowest BCUT2D eigenvalue weighted by molar-refractivity contribution is -0.133. The Morgan fingerprint density at radius 2 is 2.05 bits per heavy atom. The second kappa shape index (κ2) is 6.66. The quantitative estimate of drug-likeness (QED) is 0.773. The molecule has 0 radical (unpaired) electrons. The zero-order chi connectivity index (χ0) is 15.4. The summed E-state index contributed by atoms with van der Waals surface area (Å²) in [5.41, 5.74) is 6.20. The summed E-state index contributed by atoms with van der Waals surface area (Å²) in [5, 5.41) is 7.74. The first-order valence-corrected chi connectivity index (χ1v) is 7.20. The molecule has 1 aliphatic heterocycles. The highest BCUT2D eigenvalue weighted by Gasteiger charge is 2.29. The maximum Gasteiger partial charge on any atom is 0.360 e. The summed E-state index contributed by atoms with van der Waals surface area (Å²) in [6, 6.07) is -0.530.